The van der Waals surface area contributed by atoms with Crippen molar-refractivity contribution in [3.63, 3.8) is 0 Å². The van der Waals surface area contributed by atoms with Crippen LogP contribution < -0.4 is 14.8 Å². The molecule has 0 radical (unpaired) electrons. The molecule has 0 amide bonds. The van der Waals surface area contributed by atoms with Crippen molar-refractivity contribution >= 4 is 5.96 Å². The molecule has 8 heteroatoms. The summed E-state index contributed by atoms with van der Waals surface area (Å²) in [4.78, 5) is 9.24. The maximum absolute atomic E-state index is 6.37. The van der Waals surface area contributed by atoms with Crippen LogP contribution in [0.5, 0.6) is 11.5 Å². The predicted molar refractivity (Wildman–Crippen MR) is 124 cm³/mol. The summed E-state index contributed by atoms with van der Waals surface area (Å²) in [6, 6.07) is 8.10. The molecule has 2 aromatic rings. The molecule has 4 rings (SSSR count). The molecule has 2 heterocycles. The van der Waals surface area contributed by atoms with Crippen LogP contribution in [0, 0.1) is 6.92 Å². The second-order valence-corrected chi connectivity index (χ2v) is 8.57. The topological polar surface area (TPSA) is 75.4 Å². The van der Waals surface area contributed by atoms with Gasteiger partial charge < -0.3 is 24.2 Å². The average molecular weight is 442 g/mol. The number of hydrogen-bond acceptors (Lipinski definition) is 6. The van der Waals surface area contributed by atoms with Crippen molar-refractivity contribution in [3.05, 3.63) is 41.3 Å². The highest BCUT2D eigenvalue weighted by Gasteiger charge is 2.23. The highest BCUT2D eigenvalue weighted by atomic mass is 16.5. The van der Waals surface area contributed by atoms with E-state index in [1.54, 1.807) is 7.11 Å². The van der Waals surface area contributed by atoms with Crippen LogP contribution >= 0.6 is 0 Å². The predicted octanol–water partition coefficient (Wildman–Crippen LogP) is 3.21. The molecule has 32 heavy (non-hydrogen) atoms. The minimum Gasteiger partial charge on any atom is -0.493 e. The number of aryl methyl sites for hydroxylation is 1. The van der Waals surface area contributed by atoms with Gasteiger partial charge in [-0.3, -0.25) is 9.89 Å². The van der Waals surface area contributed by atoms with Crippen molar-refractivity contribution in [3.8, 4) is 11.5 Å². The van der Waals surface area contributed by atoms with Crippen LogP contribution in [0.15, 0.2) is 33.8 Å². The monoisotopic (exact) mass is 441 g/mol. The van der Waals surface area contributed by atoms with E-state index in [1.165, 1.54) is 12.8 Å². The van der Waals surface area contributed by atoms with Crippen LogP contribution in [0.25, 0.3) is 0 Å². The summed E-state index contributed by atoms with van der Waals surface area (Å²) in [6.07, 6.45) is 4.99. The Kier molecular flexibility index (Phi) is 7.52. The second kappa shape index (κ2) is 10.7. The number of nitrogens with zero attached hydrogens (tertiary/aromatic N) is 4. The molecule has 8 nitrogen and oxygen atoms in total. The number of piperazine rings is 1. The molecule has 0 unspecified atom stereocenters. The molecule has 2 aliphatic rings. The third kappa shape index (κ3) is 5.54. The lowest BCUT2D eigenvalue weighted by molar-refractivity contribution is 0.168. The van der Waals surface area contributed by atoms with Crippen LogP contribution in [-0.4, -0.2) is 67.4 Å². The van der Waals surface area contributed by atoms with E-state index < -0.39 is 0 Å². The number of guanidine groups is 1. The summed E-state index contributed by atoms with van der Waals surface area (Å²) in [7, 11) is 3.54. The Balaban J connectivity index is 1.33. The zero-order chi connectivity index (χ0) is 22.3. The van der Waals surface area contributed by atoms with Crippen LogP contribution in [-0.2, 0) is 13.1 Å². The Morgan fingerprint density at radius 3 is 2.66 bits per heavy atom. The molecular formula is C24H35N5O3. The summed E-state index contributed by atoms with van der Waals surface area (Å²) in [5.41, 5.74) is 2.09. The number of para-hydroxylation sites is 1. The second-order valence-electron chi connectivity index (χ2n) is 8.57. The highest BCUT2D eigenvalue weighted by Crippen LogP contribution is 2.34. The quantitative estimate of drug-likeness (QED) is 0.522. The van der Waals surface area contributed by atoms with Crippen LogP contribution in [0.1, 0.15) is 42.7 Å². The van der Waals surface area contributed by atoms with Gasteiger partial charge in [0.05, 0.1) is 18.9 Å². The smallest absolute Gasteiger partial charge is 0.194 e. The minimum atomic E-state index is 0.283. The lowest BCUT2D eigenvalue weighted by Gasteiger charge is -2.36. The Hall–Kier alpha value is -2.74. The van der Waals surface area contributed by atoms with Gasteiger partial charge in [0.1, 0.15) is 5.76 Å². The van der Waals surface area contributed by atoms with Gasteiger partial charge in [0.2, 0.25) is 0 Å². The third-order valence-corrected chi connectivity index (χ3v) is 6.25. The van der Waals surface area contributed by atoms with Crippen LogP contribution in [0.2, 0.25) is 0 Å². The molecule has 1 aliphatic heterocycles. The molecule has 1 saturated heterocycles. The molecule has 0 spiro atoms. The first-order chi connectivity index (χ1) is 15.7. The molecule has 1 aromatic heterocycles. The van der Waals surface area contributed by atoms with Gasteiger partial charge in [-0.15, -0.1) is 0 Å². The summed E-state index contributed by atoms with van der Waals surface area (Å²) < 4.78 is 17.2. The van der Waals surface area contributed by atoms with Gasteiger partial charge in [-0.1, -0.05) is 17.3 Å². The maximum atomic E-state index is 6.37. The first-order valence-electron chi connectivity index (χ1n) is 11.6. The molecule has 0 atom stereocenters. The molecule has 2 fully saturated rings. The van der Waals surface area contributed by atoms with Gasteiger partial charge in [-0.2, -0.15) is 0 Å². The maximum Gasteiger partial charge on any atom is 0.194 e. The Bertz CT molecular complexity index is 899. The Morgan fingerprint density at radius 2 is 2.00 bits per heavy atom. The number of aliphatic imine (C=N–C) groups is 1. The SMILES string of the molecule is CN=C(NCc1cccc(OC)c1OC1CCCC1)N1CCN(Cc2cc(C)on2)CC1. The molecule has 1 aliphatic carbocycles. The molecular weight excluding hydrogens is 406 g/mol. The molecule has 174 valence electrons. The first kappa shape index (κ1) is 22.5. The van der Waals surface area contributed by atoms with Gasteiger partial charge in [-0.05, 0) is 38.7 Å². The van der Waals surface area contributed by atoms with E-state index in [0.29, 0.717) is 6.54 Å². The van der Waals surface area contributed by atoms with Crippen LogP contribution in [0.4, 0.5) is 0 Å². The van der Waals surface area contributed by atoms with Crippen molar-refractivity contribution in [2.24, 2.45) is 4.99 Å². The van der Waals surface area contributed by atoms with Gasteiger partial charge in [-0.25, -0.2) is 0 Å². The standard InChI is InChI=1S/C24H35N5O3/c1-18-15-20(27-32-18)17-28-11-13-29(14-12-28)24(25-2)26-16-19-7-6-10-22(30-3)23(19)31-21-8-4-5-9-21/h6-7,10,15,21H,4-5,8-9,11-14,16-17H2,1-3H3,(H,25,26). The lowest BCUT2D eigenvalue weighted by atomic mass is 10.1. The van der Waals surface area contributed by atoms with E-state index in [9.17, 15) is 0 Å². The normalized spacial score (nSPS) is 18.2. The Labute approximate surface area is 190 Å². The zero-order valence-corrected chi connectivity index (χ0v) is 19.5. The zero-order valence-electron chi connectivity index (χ0n) is 19.5. The van der Waals surface area contributed by atoms with E-state index in [0.717, 1.165) is 80.0 Å². The van der Waals surface area contributed by atoms with Crippen molar-refractivity contribution in [2.75, 3.05) is 40.3 Å². The Morgan fingerprint density at radius 1 is 1.22 bits per heavy atom. The van der Waals surface area contributed by atoms with E-state index >= 15 is 0 Å². The fourth-order valence-electron chi connectivity index (χ4n) is 4.51. The number of methoxy groups -OCH3 is 1. The number of aromatic nitrogens is 1. The summed E-state index contributed by atoms with van der Waals surface area (Å²) in [5, 5.41) is 7.65. The molecule has 0 bridgehead atoms. The largest absolute Gasteiger partial charge is 0.493 e. The van der Waals surface area contributed by atoms with Gasteiger partial charge in [0.25, 0.3) is 0 Å². The molecule has 1 saturated carbocycles. The van der Waals surface area contributed by atoms with Crippen molar-refractivity contribution in [1.29, 1.82) is 0 Å². The van der Waals surface area contributed by atoms with Crippen molar-refractivity contribution in [1.82, 2.24) is 20.3 Å². The lowest BCUT2D eigenvalue weighted by Crippen LogP contribution is -2.52. The third-order valence-electron chi connectivity index (χ3n) is 6.25. The first-order valence-corrected chi connectivity index (χ1v) is 11.6. The fourth-order valence-corrected chi connectivity index (χ4v) is 4.51. The van der Waals surface area contributed by atoms with E-state index in [2.05, 4.69) is 31.3 Å². The summed E-state index contributed by atoms with van der Waals surface area (Å²) in [6.45, 7) is 7.15. The van der Waals surface area contributed by atoms with Crippen molar-refractivity contribution in [2.45, 2.75) is 51.8 Å². The van der Waals surface area contributed by atoms with E-state index in [1.807, 2.05) is 32.2 Å². The van der Waals surface area contributed by atoms with Gasteiger partial charge in [0, 0.05) is 57.9 Å². The number of hydrogen-bond donors (Lipinski definition) is 1. The number of nitrogens with one attached hydrogen (secondary N) is 1. The molecule has 1 N–H and O–H groups in total. The van der Waals surface area contributed by atoms with Gasteiger partial charge >= 0.3 is 0 Å². The van der Waals surface area contributed by atoms with E-state index in [4.69, 9.17) is 14.0 Å². The number of ether oxygens (including phenoxy) is 2. The summed E-state index contributed by atoms with van der Waals surface area (Å²) in [5.74, 6) is 3.43. The summed E-state index contributed by atoms with van der Waals surface area (Å²) >= 11 is 0. The number of rotatable bonds is 7. The van der Waals surface area contributed by atoms with Crippen LogP contribution in [0.3, 0.4) is 0 Å². The minimum absolute atomic E-state index is 0.283. The van der Waals surface area contributed by atoms with Gasteiger partial charge in [0.15, 0.2) is 17.5 Å². The number of benzene rings is 1. The average Bonchev–Trinajstić information content (AvgIpc) is 3.47. The van der Waals surface area contributed by atoms with E-state index in [-0.39, 0.29) is 6.10 Å². The fraction of sp³-hybridized carbons (Fsp3) is 0.583. The molecule has 1 aromatic carbocycles. The van der Waals surface area contributed by atoms with Crippen molar-refractivity contribution < 1.29 is 14.0 Å². The highest BCUT2D eigenvalue weighted by molar-refractivity contribution is 5.80.